The maximum atomic E-state index is 5.33. The molecule has 0 fully saturated rings. The van der Waals surface area contributed by atoms with Crippen molar-refractivity contribution in [3.8, 4) is 5.69 Å². The number of aromatic nitrogens is 4. The molecule has 0 N–H and O–H groups in total. The number of para-hydroxylation sites is 1. The van der Waals surface area contributed by atoms with E-state index in [-0.39, 0.29) is 0 Å². The van der Waals surface area contributed by atoms with Gasteiger partial charge in [-0.15, -0.1) is 5.10 Å². The second kappa shape index (κ2) is 6.68. The zero-order valence-electron chi connectivity index (χ0n) is 11.5. The van der Waals surface area contributed by atoms with Gasteiger partial charge in [-0.3, -0.25) is 0 Å². The second-order valence-corrected chi connectivity index (χ2v) is 5.22. The molecule has 0 amide bonds. The number of aryl methyl sites for hydroxylation is 2. The molecule has 2 aromatic rings. The highest BCUT2D eigenvalue weighted by molar-refractivity contribution is 7.99. The summed E-state index contributed by atoms with van der Waals surface area (Å²) in [5.74, 6) is 0.846. The first kappa shape index (κ1) is 14.0. The lowest BCUT2D eigenvalue weighted by atomic mass is 10.1. The fraction of sp³-hybridized carbons (Fsp3) is 0.462. The number of hydrogen-bond acceptors (Lipinski definition) is 5. The van der Waals surface area contributed by atoms with Gasteiger partial charge in [0, 0.05) is 12.4 Å². The number of benzene rings is 1. The first-order valence-electron chi connectivity index (χ1n) is 6.29. The number of tetrazole rings is 1. The van der Waals surface area contributed by atoms with E-state index in [1.165, 1.54) is 11.1 Å². The molecular formula is C13H18N4OS. The normalized spacial score (nSPS) is 10.9. The van der Waals surface area contributed by atoms with Gasteiger partial charge in [0.15, 0.2) is 0 Å². The van der Waals surface area contributed by atoms with Crippen molar-refractivity contribution in [1.29, 1.82) is 0 Å². The molecule has 19 heavy (non-hydrogen) atoms. The van der Waals surface area contributed by atoms with Crippen molar-refractivity contribution in [3.05, 3.63) is 29.3 Å². The first-order chi connectivity index (χ1) is 9.24. The van der Waals surface area contributed by atoms with E-state index in [0.717, 1.165) is 23.2 Å². The summed E-state index contributed by atoms with van der Waals surface area (Å²) < 4.78 is 7.13. The van der Waals surface area contributed by atoms with Crippen molar-refractivity contribution in [2.45, 2.75) is 25.9 Å². The van der Waals surface area contributed by atoms with Crippen LogP contribution in [0.5, 0.6) is 0 Å². The Balaban J connectivity index is 2.19. The van der Waals surface area contributed by atoms with Gasteiger partial charge in [0.25, 0.3) is 0 Å². The van der Waals surface area contributed by atoms with Crippen LogP contribution in [0.4, 0.5) is 0 Å². The van der Waals surface area contributed by atoms with Crippen LogP contribution in [0.3, 0.4) is 0 Å². The van der Waals surface area contributed by atoms with Crippen LogP contribution in [0, 0.1) is 13.8 Å². The minimum atomic E-state index is 0.709. The minimum Gasteiger partial charge on any atom is -0.381 e. The predicted octanol–water partition coefficient (Wildman–Crippen LogP) is 2.41. The van der Waals surface area contributed by atoms with E-state index in [2.05, 4.69) is 41.5 Å². The van der Waals surface area contributed by atoms with E-state index in [4.69, 9.17) is 4.74 Å². The van der Waals surface area contributed by atoms with E-state index in [1.807, 2.05) is 13.0 Å². The molecule has 5 nitrogen and oxygen atoms in total. The third-order valence-corrected chi connectivity index (χ3v) is 3.64. The van der Waals surface area contributed by atoms with Crippen LogP contribution in [0.25, 0.3) is 5.69 Å². The summed E-state index contributed by atoms with van der Waals surface area (Å²) in [6, 6.07) is 6.18. The third kappa shape index (κ3) is 3.33. The molecule has 1 aromatic carbocycles. The van der Waals surface area contributed by atoms with Gasteiger partial charge in [0.2, 0.25) is 5.16 Å². The number of rotatable bonds is 6. The molecule has 0 spiro atoms. The highest BCUT2D eigenvalue weighted by atomic mass is 32.2. The van der Waals surface area contributed by atoms with Crippen molar-refractivity contribution >= 4 is 11.8 Å². The van der Waals surface area contributed by atoms with E-state index in [9.17, 15) is 0 Å². The second-order valence-electron chi connectivity index (χ2n) is 4.16. The number of thioether (sulfide) groups is 1. The number of hydrogen-bond donors (Lipinski definition) is 0. The van der Waals surface area contributed by atoms with Crippen LogP contribution >= 0.6 is 11.8 Å². The van der Waals surface area contributed by atoms with Crippen LogP contribution in [-0.2, 0) is 4.74 Å². The lowest BCUT2D eigenvalue weighted by Crippen LogP contribution is -2.05. The average Bonchev–Trinajstić information content (AvgIpc) is 2.83. The highest BCUT2D eigenvalue weighted by Gasteiger charge is 2.12. The molecule has 0 atom stereocenters. The topological polar surface area (TPSA) is 52.8 Å². The fourth-order valence-corrected chi connectivity index (χ4v) is 2.61. The van der Waals surface area contributed by atoms with Gasteiger partial charge < -0.3 is 4.74 Å². The van der Waals surface area contributed by atoms with Gasteiger partial charge in [0.1, 0.15) is 0 Å². The van der Waals surface area contributed by atoms with Crippen molar-refractivity contribution in [1.82, 2.24) is 20.2 Å². The molecule has 0 aliphatic rings. The molecular weight excluding hydrogens is 260 g/mol. The van der Waals surface area contributed by atoms with Gasteiger partial charge >= 0.3 is 0 Å². The fourth-order valence-electron chi connectivity index (χ4n) is 1.89. The zero-order chi connectivity index (χ0) is 13.7. The molecule has 0 unspecified atom stereocenters. The molecule has 0 aliphatic carbocycles. The van der Waals surface area contributed by atoms with Crippen molar-refractivity contribution in [2.75, 3.05) is 19.0 Å². The first-order valence-corrected chi connectivity index (χ1v) is 7.28. The number of nitrogens with zero attached hydrogens (tertiary/aromatic N) is 4. The summed E-state index contributed by atoms with van der Waals surface area (Å²) in [7, 11) is 0. The van der Waals surface area contributed by atoms with Crippen LogP contribution in [0.1, 0.15) is 18.1 Å². The quantitative estimate of drug-likeness (QED) is 0.600. The molecule has 0 saturated carbocycles. The Labute approximate surface area is 117 Å². The molecule has 1 aromatic heterocycles. The summed E-state index contributed by atoms with van der Waals surface area (Å²) in [4.78, 5) is 0. The molecule has 1 heterocycles. The smallest absolute Gasteiger partial charge is 0.214 e. The number of ether oxygens (including phenoxy) is 1. The maximum Gasteiger partial charge on any atom is 0.214 e. The Bertz CT molecular complexity index is 521. The maximum absolute atomic E-state index is 5.33. The Hall–Kier alpha value is -1.40. The van der Waals surface area contributed by atoms with E-state index < -0.39 is 0 Å². The van der Waals surface area contributed by atoms with Gasteiger partial charge in [-0.05, 0) is 42.3 Å². The Morgan fingerprint density at radius 2 is 2.00 bits per heavy atom. The third-order valence-electron chi connectivity index (χ3n) is 2.76. The van der Waals surface area contributed by atoms with Crippen molar-refractivity contribution in [3.63, 3.8) is 0 Å². The van der Waals surface area contributed by atoms with Crippen LogP contribution in [0.2, 0.25) is 0 Å². The summed E-state index contributed by atoms with van der Waals surface area (Å²) in [6.07, 6.45) is 0. The molecule has 0 bridgehead atoms. The summed E-state index contributed by atoms with van der Waals surface area (Å²) >= 11 is 1.61. The minimum absolute atomic E-state index is 0.709. The molecule has 102 valence electrons. The highest BCUT2D eigenvalue weighted by Crippen LogP contribution is 2.23. The van der Waals surface area contributed by atoms with Gasteiger partial charge in [0.05, 0.1) is 12.3 Å². The van der Waals surface area contributed by atoms with Crippen LogP contribution < -0.4 is 0 Å². The summed E-state index contributed by atoms with van der Waals surface area (Å²) in [6.45, 7) is 7.58. The van der Waals surface area contributed by atoms with E-state index in [0.29, 0.717) is 6.61 Å². The monoisotopic (exact) mass is 278 g/mol. The lowest BCUT2D eigenvalue weighted by Gasteiger charge is -2.10. The molecule has 0 radical (unpaired) electrons. The van der Waals surface area contributed by atoms with Gasteiger partial charge in [-0.25, -0.2) is 0 Å². The van der Waals surface area contributed by atoms with Gasteiger partial charge in [-0.1, -0.05) is 30.0 Å². The molecule has 0 saturated heterocycles. The zero-order valence-corrected chi connectivity index (χ0v) is 12.3. The Kier molecular flexibility index (Phi) is 4.93. The van der Waals surface area contributed by atoms with Crippen LogP contribution in [0.15, 0.2) is 23.4 Å². The Morgan fingerprint density at radius 1 is 1.26 bits per heavy atom. The molecule has 6 heteroatoms. The molecule has 2 rings (SSSR count). The Morgan fingerprint density at radius 3 is 2.68 bits per heavy atom. The van der Waals surface area contributed by atoms with Crippen molar-refractivity contribution in [2.24, 2.45) is 0 Å². The largest absolute Gasteiger partial charge is 0.381 e. The standard InChI is InChI=1S/C13H18N4OS/c1-4-18-8-9-19-13-14-15-16-17(13)12-10(2)6-5-7-11(12)3/h5-7H,4,8-9H2,1-3H3. The van der Waals surface area contributed by atoms with Crippen molar-refractivity contribution < 1.29 is 4.74 Å². The average molecular weight is 278 g/mol. The molecule has 0 aliphatic heterocycles. The summed E-state index contributed by atoms with van der Waals surface area (Å²) in [5.41, 5.74) is 3.39. The lowest BCUT2D eigenvalue weighted by molar-refractivity contribution is 0.164. The van der Waals surface area contributed by atoms with E-state index in [1.54, 1.807) is 16.4 Å². The van der Waals surface area contributed by atoms with E-state index >= 15 is 0 Å². The van der Waals surface area contributed by atoms with Crippen LogP contribution in [-0.4, -0.2) is 39.2 Å². The summed E-state index contributed by atoms with van der Waals surface area (Å²) in [5, 5.41) is 12.8. The van der Waals surface area contributed by atoms with Gasteiger partial charge in [-0.2, -0.15) is 4.68 Å². The SMILES string of the molecule is CCOCCSc1nnnn1-c1c(C)cccc1C. The predicted molar refractivity (Wildman–Crippen MR) is 75.8 cm³/mol.